The molecule has 1 aromatic heterocycles. The van der Waals surface area contributed by atoms with Gasteiger partial charge in [-0.2, -0.15) is 0 Å². The maximum absolute atomic E-state index is 5.67. The summed E-state index contributed by atoms with van der Waals surface area (Å²) in [6, 6.07) is 7.08. The van der Waals surface area contributed by atoms with Gasteiger partial charge in [0.1, 0.15) is 17.2 Å². The second-order valence-corrected chi connectivity index (χ2v) is 3.49. The van der Waals surface area contributed by atoms with Crippen molar-refractivity contribution < 1.29 is 14.0 Å². The lowest BCUT2D eigenvalue weighted by atomic mass is 10.1. The summed E-state index contributed by atoms with van der Waals surface area (Å²) >= 11 is 5.67. The Morgan fingerprint density at radius 1 is 1.06 bits per heavy atom. The zero-order valence-electron chi connectivity index (χ0n) is 8.86. The maximum Gasteiger partial charge on any atom is 0.226 e. The third-order valence-electron chi connectivity index (χ3n) is 2.13. The molecule has 0 atom stereocenters. The van der Waals surface area contributed by atoms with Gasteiger partial charge in [-0.15, -0.1) is 0 Å². The van der Waals surface area contributed by atoms with E-state index in [2.05, 4.69) is 5.16 Å². The van der Waals surface area contributed by atoms with Gasteiger partial charge in [-0.05, 0) is 23.7 Å². The number of hydrogen-bond acceptors (Lipinski definition) is 4. The highest BCUT2D eigenvalue weighted by molar-refractivity contribution is 6.29. The Bertz CT molecular complexity index is 473. The summed E-state index contributed by atoms with van der Waals surface area (Å²) in [5, 5.41) is 4.07. The first-order valence-corrected chi connectivity index (χ1v) is 4.96. The summed E-state index contributed by atoms with van der Waals surface area (Å²) in [4.78, 5) is 0. The van der Waals surface area contributed by atoms with Crippen LogP contribution >= 0.6 is 11.6 Å². The van der Waals surface area contributed by atoms with E-state index in [1.165, 1.54) is 0 Å². The Labute approximate surface area is 97.7 Å². The number of methoxy groups -OCH3 is 2. The third kappa shape index (κ3) is 2.12. The van der Waals surface area contributed by atoms with Crippen LogP contribution in [-0.4, -0.2) is 19.4 Å². The van der Waals surface area contributed by atoms with Crippen LogP contribution in [0.5, 0.6) is 11.5 Å². The number of halogens is 1. The van der Waals surface area contributed by atoms with Crippen LogP contribution < -0.4 is 9.47 Å². The van der Waals surface area contributed by atoms with Crippen molar-refractivity contribution >= 4 is 11.6 Å². The van der Waals surface area contributed by atoms with Gasteiger partial charge < -0.3 is 14.0 Å². The molecule has 0 aliphatic carbocycles. The van der Waals surface area contributed by atoms with E-state index in [0.29, 0.717) is 17.2 Å². The van der Waals surface area contributed by atoms with Crippen molar-refractivity contribution in [1.29, 1.82) is 0 Å². The Balaban J connectivity index is 2.47. The average molecular weight is 240 g/mol. The lowest BCUT2D eigenvalue weighted by Gasteiger charge is -2.06. The van der Waals surface area contributed by atoms with Crippen LogP contribution in [0, 0.1) is 0 Å². The minimum absolute atomic E-state index is 0.247. The molecule has 0 radical (unpaired) electrons. The molecule has 0 spiro atoms. The zero-order chi connectivity index (χ0) is 11.5. The molecule has 0 aliphatic heterocycles. The number of rotatable bonds is 3. The second kappa shape index (κ2) is 4.45. The molecule has 4 nitrogen and oxygen atoms in total. The van der Waals surface area contributed by atoms with Crippen LogP contribution in [0.15, 0.2) is 28.8 Å². The highest BCUT2D eigenvalue weighted by atomic mass is 35.5. The fourth-order valence-electron chi connectivity index (χ4n) is 1.34. The number of nitrogens with zero attached hydrogens (tertiary/aromatic N) is 1. The Kier molecular flexibility index (Phi) is 3.01. The van der Waals surface area contributed by atoms with E-state index in [0.717, 1.165) is 5.56 Å². The van der Waals surface area contributed by atoms with Gasteiger partial charge in [0.2, 0.25) is 5.22 Å². The van der Waals surface area contributed by atoms with Crippen molar-refractivity contribution in [2.24, 2.45) is 0 Å². The molecule has 2 aromatic rings. The van der Waals surface area contributed by atoms with Crippen LogP contribution in [-0.2, 0) is 0 Å². The lowest BCUT2D eigenvalue weighted by molar-refractivity contribution is 0.394. The van der Waals surface area contributed by atoms with Crippen molar-refractivity contribution in [1.82, 2.24) is 5.16 Å². The summed E-state index contributed by atoms with van der Waals surface area (Å²) in [5.74, 6) is 1.38. The van der Waals surface area contributed by atoms with E-state index < -0.39 is 0 Å². The van der Waals surface area contributed by atoms with Crippen LogP contribution in [0.2, 0.25) is 5.22 Å². The molecular formula is C11H10ClNO3. The molecule has 0 N–H and O–H groups in total. The molecule has 0 saturated carbocycles. The van der Waals surface area contributed by atoms with E-state index in [4.69, 9.17) is 25.6 Å². The first-order chi connectivity index (χ1) is 7.72. The average Bonchev–Trinajstić information content (AvgIpc) is 2.75. The summed E-state index contributed by atoms with van der Waals surface area (Å²) in [6.07, 6.45) is 0. The first-order valence-electron chi connectivity index (χ1n) is 4.58. The topological polar surface area (TPSA) is 44.5 Å². The molecule has 84 valence electrons. The molecule has 0 unspecified atom stereocenters. The molecule has 0 saturated heterocycles. The van der Waals surface area contributed by atoms with Gasteiger partial charge in [0.05, 0.1) is 14.2 Å². The minimum atomic E-state index is 0.247. The normalized spacial score (nSPS) is 10.2. The van der Waals surface area contributed by atoms with Crippen LogP contribution in [0.1, 0.15) is 0 Å². The Morgan fingerprint density at radius 2 is 1.69 bits per heavy atom. The van der Waals surface area contributed by atoms with Crippen molar-refractivity contribution in [3.8, 4) is 22.8 Å². The molecule has 0 fully saturated rings. The molecule has 2 rings (SSSR count). The van der Waals surface area contributed by atoms with Gasteiger partial charge in [0.25, 0.3) is 0 Å². The molecule has 1 heterocycles. The van der Waals surface area contributed by atoms with E-state index in [9.17, 15) is 0 Å². The van der Waals surface area contributed by atoms with Gasteiger partial charge in [-0.25, -0.2) is 0 Å². The van der Waals surface area contributed by atoms with Crippen molar-refractivity contribution in [3.05, 3.63) is 29.5 Å². The van der Waals surface area contributed by atoms with Crippen molar-refractivity contribution in [2.75, 3.05) is 14.2 Å². The SMILES string of the molecule is COc1cc(OC)cc(-c2cc(Cl)on2)c1. The van der Waals surface area contributed by atoms with E-state index in [-0.39, 0.29) is 5.22 Å². The Morgan fingerprint density at radius 3 is 2.12 bits per heavy atom. The summed E-state index contributed by atoms with van der Waals surface area (Å²) in [5.41, 5.74) is 1.47. The van der Waals surface area contributed by atoms with Crippen molar-refractivity contribution in [2.45, 2.75) is 0 Å². The predicted molar refractivity (Wildman–Crippen MR) is 60.1 cm³/mol. The fraction of sp³-hybridized carbons (Fsp3) is 0.182. The van der Waals surface area contributed by atoms with E-state index in [1.807, 2.05) is 12.1 Å². The van der Waals surface area contributed by atoms with Crippen LogP contribution in [0.25, 0.3) is 11.3 Å². The summed E-state index contributed by atoms with van der Waals surface area (Å²) < 4.78 is 15.1. The van der Waals surface area contributed by atoms with Gasteiger partial charge in [-0.1, -0.05) is 5.16 Å². The molecule has 0 amide bonds. The third-order valence-corrected chi connectivity index (χ3v) is 2.31. The number of aromatic nitrogens is 1. The highest BCUT2D eigenvalue weighted by Gasteiger charge is 2.08. The van der Waals surface area contributed by atoms with Crippen LogP contribution in [0.4, 0.5) is 0 Å². The molecule has 0 bridgehead atoms. The summed E-state index contributed by atoms with van der Waals surface area (Å²) in [6.45, 7) is 0. The zero-order valence-corrected chi connectivity index (χ0v) is 9.62. The fourth-order valence-corrected chi connectivity index (χ4v) is 1.48. The smallest absolute Gasteiger partial charge is 0.226 e. The minimum Gasteiger partial charge on any atom is -0.497 e. The van der Waals surface area contributed by atoms with E-state index >= 15 is 0 Å². The van der Waals surface area contributed by atoms with Crippen LogP contribution in [0.3, 0.4) is 0 Å². The summed E-state index contributed by atoms with van der Waals surface area (Å²) in [7, 11) is 3.18. The number of benzene rings is 1. The number of hydrogen-bond donors (Lipinski definition) is 0. The largest absolute Gasteiger partial charge is 0.497 e. The second-order valence-electron chi connectivity index (χ2n) is 3.12. The lowest BCUT2D eigenvalue weighted by Crippen LogP contribution is -1.88. The van der Waals surface area contributed by atoms with Gasteiger partial charge in [-0.3, -0.25) is 0 Å². The molecule has 5 heteroatoms. The van der Waals surface area contributed by atoms with Gasteiger partial charge in [0.15, 0.2) is 0 Å². The first kappa shape index (κ1) is 10.8. The number of ether oxygens (including phenoxy) is 2. The standard InChI is InChI=1S/C11H10ClNO3/c1-14-8-3-7(4-9(5-8)15-2)10-6-11(12)16-13-10/h3-6H,1-2H3. The molecular weight excluding hydrogens is 230 g/mol. The molecule has 16 heavy (non-hydrogen) atoms. The monoisotopic (exact) mass is 239 g/mol. The maximum atomic E-state index is 5.67. The Hall–Kier alpha value is -1.68. The molecule has 1 aromatic carbocycles. The van der Waals surface area contributed by atoms with Gasteiger partial charge in [0, 0.05) is 17.7 Å². The quantitative estimate of drug-likeness (QED) is 0.826. The van der Waals surface area contributed by atoms with E-state index in [1.54, 1.807) is 26.4 Å². The molecule has 0 aliphatic rings. The van der Waals surface area contributed by atoms with Gasteiger partial charge >= 0.3 is 0 Å². The van der Waals surface area contributed by atoms with Crippen molar-refractivity contribution in [3.63, 3.8) is 0 Å². The highest BCUT2D eigenvalue weighted by Crippen LogP contribution is 2.30. The predicted octanol–water partition coefficient (Wildman–Crippen LogP) is 3.01.